The number of alkyl halides is 2. The average Bonchev–Trinajstić information content (AvgIpc) is 2.87. The van der Waals surface area contributed by atoms with Crippen molar-refractivity contribution in [3.8, 4) is 0 Å². The van der Waals surface area contributed by atoms with E-state index in [9.17, 15) is 18.4 Å². The van der Waals surface area contributed by atoms with E-state index in [2.05, 4.69) is 4.74 Å². The van der Waals surface area contributed by atoms with Crippen LogP contribution in [-0.2, 0) is 28.5 Å². The highest BCUT2D eigenvalue weighted by Gasteiger charge is 2.48. The van der Waals surface area contributed by atoms with Crippen LogP contribution in [0.25, 0.3) is 0 Å². The Bertz CT molecular complexity index is 400. The normalized spacial score (nSPS) is 24.8. The van der Waals surface area contributed by atoms with Crippen molar-refractivity contribution in [3.05, 3.63) is 0 Å². The molecule has 2 aliphatic rings. The van der Waals surface area contributed by atoms with Crippen LogP contribution in [0.3, 0.4) is 0 Å². The molecular weight excluding hydrogens is 290 g/mol. The number of carbonyl (C=O) groups excluding carboxylic acids is 2. The zero-order chi connectivity index (χ0) is 15.5. The molecule has 0 radical (unpaired) electrons. The van der Waals surface area contributed by atoms with Gasteiger partial charge in [0.15, 0.2) is 12.7 Å². The van der Waals surface area contributed by atoms with E-state index < -0.39 is 36.4 Å². The van der Waals surface area contributed by atoms with Gasteiger partial charge in [-0.1, -0.05) is 0 Å². The standard InChI is InChI=1S/C13H18F2O6/c1-12(14,15)11(17)18-8-10(16)21-9-4-2-3-5-13(9)19-6-7-20-13/h9H,2-8H2,1H3. The summed E-state index contributed by atoms with van der Waals surface area (Å²) in [6.45, 7) is 0.391. The molecular formula is C13H18F2O6. The Labute approximate surface area is 120 Å². The maximum absolute atomic E-state index is 12.6. The van der Waals surface area contributed by atoms with E-state index in [-0.39, 0.29) is 0 Å². The lowest BCUT2D eigenvalue weighted by Crippen LogP contribution is -2.48. The molecule has 8 heteroatoms. The maximum atomic E-state index is 12.6. The minimum Gasteiger partial charge on any atom is -0.454 e. The molecule has 2 fully saturated rings. The topological polar surface area (TPSA) is 71.1 Å². The van der Waals surface area contributed by atoms with Crippen molar-refractivity contribution in [3.63, 3.8) is 0 Å². The maximum Gasteiger partial charge on any atom is 0.377 e. The number of ether oxygens (including phenoxy) is 4. The van der Waals surface area contributed by atoms with Crippen LogP contribution in [0.4, 0.5) is 8.78 Å². The van der Waals surface area contributed by atoms with Crippen LogP contribution in [0.1, 0.15) is 32.6 Å². The predicted molar refractivity (Wildman–Crippen MR) is 64.6 cm³/mol. The molecule has 0 amide bonds. The smallest absolute Gasteiger partial charge is 0.377 e. The highest BCUT2D eigenvalue weighted by atomic mass is 19.3. The molecule has 21 heavy (non-hydrogen) atoms. The van der Waals surface area contributed by atoms with Crippen LogP contribution in [-0.4, -0.2) is 49.6 Å². The molecule has 1 spiro atoms. The summed E-state index contributed by atoms with van der Waals surface area (Å²) in [4.78, 5) is 22.5. The van der Waals surface area contributed by atoms with Crippen LogP contribution < -0.4 is 0 Å². The second-order valence-electron chi connectivity index (χ2n) is 5.20. The van der Waals surface area contributed by atoms with Crippen molar-refractivity contribution in [2.24, 2.45) is 0 Å². The molecule has 1 saturated carbocycles. The van der Waals surface area contributed by atoms with Crippen LogP contribution in [0.2, 0.25) is 0 Å². The third-order valence-corrected chi connectivity index (χ3v) is 3.46. The third kappa shape index (κ3) is 3.88. The predicted octanol–water partition coefficient (Wildman–Crippen LogP) is 1.41. The number of rotatable bonds is 4. The van der Waals surface area contributed by atoms with E-state index in [0.29, 0.717) is 33.0 Å². The largest absolute Gasteiger partial charge is 0.454 e. The molecule has 1 unspecified atom stereocenters. The molecule has 1 aliphatic heterocycles. The Morgan fingerprint density at radius 2 is 1.95 bits per heavy atom. The van der Waals surface area contributed by atoms with Crippen molar-refractivity contribution in [2.45, 2.75) is 50.4 Å². The summed E-state index contributed by atoms with van der Waals surface area (Å²) in [6.07, 6.45) is 2.30. The SMILES string of the molecule is CC(F)(F)C(=O)OCC(=O)OC1CCCCC12OCCO2. The Morgan fingerprint density at radius 3 is 2.57 bits per heavy atom. The highest BCUT2D eigenvalue weighted by molar-refractivity contribution is 5.80. The lowest BCUT2D eigenvalue weighted by atomic mass is 9.91. The molecule has 0 bridgehead atoms. The summed E-state index contributed by atoms with van der Waals surface area (Å²) in [7, 11) is 0. The van der Waals surface area contributed by atoms with Crippen molar-refractivity contribution in [1.82, 2.24) is 0 Å². The van der Waals surface area contributed by atoms with Crippen molar-refractivity contribution in [2.75, 3.05) is 19.8 Å². The lowest BCUT2D eigenvalue weighted by Gasteiger charge is -2.38. The Kier molecular flexibility index (Phi) is 4.77. The Balaban J connectivity index is 1.85. The van der Waals surface area contributed by atoms with E-state index in [1.807, 2.05) is 0 Å². The zero-order valence-corrected chi connectivity index (χ0v) is 11.7. The first-order chi connectivity index (χ1) is 9.83. The Hall–Kier alpha value is -1.28. The number of halogens is 2. The average molecular weight is 308 g/mol. The first kappa shape index (κ1) is 16.1. The molecule has 0 N–H and O–H groups in total. The summed E-state index contributed by atoms with van der Waals surface area (Å²) in [5.74, 6) is -7.22. The second kappa shape index (κ2) is 6.23. The summed E-state index contributed by atoms with van der Waals surface area (Å²) in [5, 5.41) is 0. The molecule has 0 aromatic carbocycles. The van der Waals surface area contributed by atoms with Crippen LogP contribution in [0, 0.1) is 0 Å². The lowest BCUT2D eigenvalue weighted by molar-refractivity contribution is -0.247. The van der Waals surface area contributed by atoms with Gasteiger partial charge in [0.1, 0.15) is 0 Å². The number of hydrogen-bond donors (Lipinski definition) is 0. The van der Waals surface area contributed by atoms with E-state index >= 15 is 0 Å². The Morgan fingerprint density at radius 1 is 1.29 bits per heavy atom. The molecule has 6 nitrogen and oxygen atoms in total. The van der Waals surface area contributed by atoms with Gasteiger partial charge in [-0.05, 0) is 19.3 Å². The third-order valence-electron chi connectivity index (χ3n) is 3.46. The summed E-state index contributed by atoms with van der Waals surface area (Å²) in [5.41, 5.74) is 0. The molecule has 120 valence electrons. The van der Waals surface area contributed by atoms with E-state index in [1.54, 1.807) is 0 Å². The zero-order valence-electron chi connectivity index (χ0n) is 11.7. The van der Waals surface area contributed by atoms with Gasteiger partial charge in [-0.2, -0.15) is 8.78 Å². The highest BCUT2D eigenvalue weighted by Crippen LogP contribution is 2.37. The summed E-state index contributed by atoms with van der Waals surface area (Å²) >= 11 is 0. The summed E-state index contributed by atoms with van der Waals surface area (Å²) < 4.78 is 45.7. The van der Waals surface area contributed by atoms with Crippen molar-refractivity contribution >= 4 is 11.9 Å². The van der Waals surface area contributed by atoms with E-state index in [1.165, 1.54) is 0 Å². The quantitative estimate of drug-likeness (QED) is 0.731. The van der Waals surface area contributed by atoms with Gasteiger partial charge in [0.2, 0.25) is 5.79 Å². The first-order valence-electron chi connectivity index (χ1n) is 6.86. The van der Waals surface area contributed by atoms with E-state index in [0.717, 1.165) is 12.8 Å². The van der Waals surface area contributed by atoms with Crippen LogP contribution in [0.5, 0.6) is 0 Å². The molecule has 1 saturated heterocycles. The monoisotopic (exact) mass is 308 g/mol. The molecule has 1 aliphatic carbocycles. The van der Waals surface area contributed by atoms with Crippen LogP contribution in [0.15, 0.2) is 0 Å². The minimum absolute atomic E-state index is 0.400. The van der Waals surface area contributed by atoms with Gasteiger partial charge in [-0.15, -0.1) is 0 Å². The summed E-state index contributed by atoms with van der Waals surface area (Å²) in [6, 6.07) is 0. The van der Waals surface area contributed by atoms with Gasteiger partial charge < -0.3 is 18.9 Å². The molecule has 1 heterocycles. The van der Waals surface area contributed by atoms with Gasteiger partial charge >= 0.3 is 17.9 Å². The molecule has 0 aromatic heterocycles. The van der Waals surface area contributed by atoms with Crippen molar-refractivity contribution < 1.29 is 37.3 Å². The fourth-order valence-electron chi connectivity index (χ4n) is 2.48. The minimum atomic E-state index is -3.63. The number of esters is 2. The van der Waals surface area contributed by atoms with E-state index in [4.69, 9.17) is 14.2 Å². The fourth-order valence-corrected chi connectivity index (χ4v) is 2.48. The molecule has 1 atom stereocenters. The first-order valence-corrected chi connectivity index (χ1v) is 6.86. The number of carbonyl (C=O) groups is 2. The fraction of sp³-hybridized carbons (Fsp3) is 0.846. The molecule has 0 aromatic rings. The van der Waals surface area contributed by atoms with Gasteiger partial charge in [0, 0.05) is 13.3 Å². The van der Waals surface area contributed by atoms with Gasteiger partial charge in [0.05, 0.1) is 13.2 Å². The van der Waals surface area contributed by atoms with Gasteiger partial charge in [-0.25, -0.2) is 9.59 Å². The molecule has 2 rings (SSSR count). The number of hydrogen-bond acceptors (Lipinski definition) is 6. The van der Waals surface area contributed by atoms with Crippen molar-refractivity contribution in [1.29, 1.82) is 0 Å². The van der Waals surface area contributed by atoms with Crippen LogP contribution >= 0.6 is 0 Å². The van der Waals surface area contributed by atoms with Gasteiger partial charge in [0.25, 0.3) is 0 Å². The second-order valence-corrected chi connectivity index (χ2v) is 5.20. The van der Waals surface area contributed by atoms with Gasteiger partial charge in [-0.3, -0.25) is 0 Å².